The van der Waals surface area contributed by atoms with Crippen molar-refractivity contribution in [2.45, 2.75) is 25.3 Å². The number of nitrogens with zero attached hydrogens (tertiary/aromatic N) is 1. The Morgan fingerprint density at radius 1 is 1.35 bits per heavy atom. The first kappa shape index (κ1) is 10.3. The Morgan fingerprint density at radius 3 is 3.00 bits per heavy atom. The largest absolute Gasteiger partial charge is 0.347 e. The van der Waals surface area contributed by atoms with Crippen LogP contribution in [-0.4, -0.2) is 24.9 Å². The predicted octanol–water partition coefficient (Wildman–Crippen LogP) is 0.636. The van der Waals surface area contributed by atoms with Crippen LogP contribution < -0.4 is 10.2 Å². The molecule has 0 bridgehead atoms. The normalized spacial score (nSPS) is 22.0. The van der Waals surface area contributed by atoms with E-state index in [1.165, 1.54) is 11.1 Å². The molecule has 88 valence electrons. The summed E-state index contributed by atoms with van der Waals surface area (Å²) in [5.41, 5.74) is 3.51. The molecule has 0 spiro atoms. The number of rotatable bonds is 2. The van der Waals surface area contributed by atoms with Gasteiger partial charge in [-0.25, -0.2) is 0 Å². The van der Waals surface area contributed by atoms with E-state index in [0.29, 0.717) is 12.8 Å². The fourth-order valence-electron chi connectivity index (χ4n) is 2.83. The van der Waals surface area contributed by atoms with Crippen molar-refractivity contribution in [3.8, 4) is 0 Å². The number of para-hydroxylation sites is 1. The monoisotopic (exact) mass is 230 g/mol. The average Bonchev–Trinajstić information content (AvgIpc) is 2.36. The van der Waals surface area contributed by atoms with Crippen LogP contribution in [-0.2, 0) is 22.4 Å². The van der Waals surface area contributed by atoms with Crippen molar-refractivity contribution in [2.24, 2.45) is 0 Å². The van der Waals surface area contributed by atoms with Crippen LogP contribution in [0.15, 0.2) is 18.2 Å². The lowest BCUT2D eigenvalue weighted by Gasteiger charge is -2.38. The highest BCUT2D eigenvalue weighted by Crippen LogP contribution is 2.35. The van der Waals surface area contributed by atoms with Gasteiger partial charge in [-0.3, -0.25) is 9.59 Å². The van der Waals surface area contributed by atoms with Crippen LogP contribution in [0.1, 0.15) is 17.5 Å². The molecule has 1 N–H and O–H groups in total. The molecular formula is C13H14N2O2. The Bertz CT molecular complexity index is 484. The lowest BCUT2D eigenvalue weighted by molar-refractivity contribution is -0.123. The van der Waals surface area contributed by atoms with Crippen LogP contribution in [0.2, 0.25) is 0 Å². The van der Waals surface area contributed by atoms with E-state index in [2.05, 4.69) is 11.4 Å². The van der Waals surface area contributed by atoms with E-state index in [9.17, 15) is 9.59 Å². The standard InChI is InChI=1S/C13H14N2O2/c16-8-14-11-7-10-4-1-3-9-5-2-6-15(12(9)10)13(11)17/h1,3-4,8,11H,2,5-7H2,(H,14,16). The first-order valence-corrected chi connectivity index (χ1v) is 5.93. The van der Waals surface area contributed by atoms with E-state index in [0.717, 1.165) is 25.1 Å². The lowest BCUT2D eigenvalue weighted by Crippen LogP contribution is -2.52. The summed E-state index contributed by atoms with van der Waals surface area (Å²) in [6.07, 6.45) is 3.26. The molecule has 0 saturated carbocycles. The highest BCUT2D eigenvalue weighted by molar-refractivity contribution is 6.02. The molecule has 0 fully saturated rings. The van der Waals surface area contributed by atoms with Crippen molar-refractivity contribution in [3.05, 3.63) is 29.3 Å². The third-order valence-electron chi connectivity index (χ3n) is 3.56. The lowest BCUT2D eigenvalue weighted by atomic mass is 9.90. The van der Waals surface area contributed by atoms with Gasteiger partial charge in [0.25, 0.3) is 0 Å². The first-order valence-electron chi connectivity index (χ1n) is 5.93. The number of amides is 2. The van der Waals surface area contributed by atoms with Gasteiger partial charge in [-0.05, 0) is 24.0 Å². The molecule has 2 aliphatic rings. The van der Waals surface area contributed by atoms with Crippen LogP contribution in [0.4, 0.5) is 5.69 Å². The van der Waals surface area contributed by atoms with E-state index in [4.69, 9.17) is 0 Å². The van der Waals surface area contributed by atoms with Crippen molar-refractivity contribution >= 4 is 18.0 Å². The van der Waals surface area contributed by atoms with Crippen LogP contribution in [0, 0.1) is 0 Å². The minimum Gasteiger partial charge on any atom is -0.347 e. The van der Waals surface area contributed by atoms with Crippen molar-refractivity contribution in [2.75, 3.05) is 11.4 Å². The van der Waals surface area contributed by atoms with Crippen molar-refractivity contribution in [1.29, 1.82) is 0 Å². The molecule has 0 aromatic heterocycles. The molecule has 0 radical (unpaired) electrons. The quantitative estimate of drug-likeness (QED) is 0.758. The van der Waals surface area contributed by atoms with Gasteiger partial charge in [0, 0.05) is 13.0 Å². The number of benzene rings is 1. The second kappa shape index (κ2) is 3.87. The van der Waals surface area contributed by atoms with Crippen LogP contribution in [0.3, 0.4) is 0 Å². The summed E-state index contributed by atoms with van der Waals surface area (Å²) in [4.78, 5) is 24.6. The molecule has 1 aromatic carbocycles. The minimum absolute atomic E-state index is 0.0248. The Hall–Kier alpha value is -1.84. The predicted molar refractivity (Wildman–Crippen MR) is 63.8 cm³/mol. The molecule has 4 nitrogen and oxygen atoms in total. The fourth-order valence-corrected chi connectivity index (χ4v) is 2.83. The molecule has 17 heavy (non-hydrogen) atoms. The third kappa shape index (κ3) is 1.52. The van der Waals surface area contributed by atoms with Gasteiger partial charge in [-0.2, -0.15) is 0 Å². The molecule has 1 unspecified atom stereocenters. The van der Waals surface area contributed by atoms with E-state index < -0.39 is 6.04 Å². The van der Waals surface area contributed by atoms with E-state index >= 15 is 0 Å². The molecule has 0 saturated heterocycles. The van der Waals surface area contributed by atoms with Gasteiger partial charge in [0.2, 0.25) is 12.3 Å². The van der Waals surface area contributed by atoms with E-state index in [1.54, 1.807) is 0 Å². The number of carbonyl (C=O) groups excluding carboxylic acids is 2. The van der Waals surface area contributed by atoms with E-state index in [1.807, 2.05) is 17.0 Å². The molecule has 0 aliphatic carbocycles. The maximum Gasteiger partial charge on any atom is 0.249 e. The Morgan fingerprint density at radius 2 is 2.18 bits per heavy atom. The molecule has 2 heterocycles. The molecule has 2 aliphatic heterocycles. The van der Waals surface area contributed by atoms with Gasteiger partial charge >= 0.3 is 0 Å². The molecule has 3 rings (SSSR count). The second-order valence-electron chi connectivity index (χ2n) is 4.56. The Labute approximate surface area is 99.6 Å². The molecule has 1 aromatic rings. The van der Waals surface area contributed by atoms with Crippen LogP contribution in [0.25, 0.3) is 0 Å². The maximum absolute atomic E-state index is 12.2. The zero-order valence-electron chi connectivity index (χ0n) is 9.48. The smallest absolute Gasteiger partial charge is 0.249 e. The number of nitrogens with one attached hydrogen (secondary N) is 1. The zero-order valence-corrected chi connectivity index (χ0v) is 9.48. The number of hydrogen-bond acceptors (Lipinski definition) is 2. The highest BCUT2D eigenvalue weighted by atomic mass is 16.2. The van der Waals surface area contributed by atoms with E-state index in [-0.39, 0.29) is 5.91 Å². The van der Waals surface area contributed by atoms with Gasteiger partial charge in [-0.1, -0.05) is 18.2 Å². The van der Waals surface area contributed by atoms with Crippen molar-refractivity contribution < 1.29 is 9.59 Å². The summed E-state index contributed by atoms with van der Waals surface area (Å²) in [6, 6.07) is 5.77. The summed E-state index contributed by atoms with van der Waals surface area (Å²) in [7, 11) is 0. The molecule has 1 atom stereocenters. The summed E-state index contributed by atoms with van der Waals surface area (Å²) < 4.78 is 0. The van der Waals surface area contributed by atoms with Gasteiger partial charge in [0.05, 0.1) is 5.69 Å². The van der Waals surface area contributed by atoms with Gasteiger partial charge in [0.15, 0.2) is 0 Å². The topological polar surface area (TPSA) is 49.4 Å². The SMILES string of the molecule is O=CNC1Cc2cccc3c2N(CCC3)C1=O. The average molecular weight is 230 g/mol. The molecule has 2 amide bonds. The number of aryl methyl sites for hydroxylation is 1. The zero-order chi connectivity index (χ0) is 11.8. The second-order valence-corrected chi connectivity index (χ2v) is 4.56. The van der Waals surface area contributed by atoms with Gasteiger partial charge in [0.1, 0.15) is 6.04 Å². The summed E-state index contributed by atoms with van der Waals surface area (Å²) in [5.74, 6) is 0.0248. The third-order valence-corrected chi connectivity index (χ3v) is 3.56. The summed E-state index contributed by atoms with van der Waals surface area (Å²) in [5, 5.41) is 2.61. The number of carbonyl (C=O) groups is 2. The van der Waals surface area contributed by atoms with Crippen molar-refractivity contribution in [3.63, 3.8) is 0 Å². The maximum atomic E-state index is 12.2. The van der Waals surface area contributed by atoms with Gasteiger partial charge in [-0.15, -0.1) is 0 Å². The highest BCUT2D eigenvalue weighted by Gasteiger charge is 2.35. The van der Waals surface area contributed by atoms with Crippen LogP contribution >= 0.6 is 0 Å². The Balaban J connectivity index is 2.07. The summed E-state index contributed by atoms with van der Waals surface area (Å²) in [6.45, 7) is 0.764. The van der Waals surface area contributed by atoms with Crippen LogP contribution in [0.5, 0.6) is 0 Å². The molecular weight excluding hydrogens is 216 g/mol. The molecule has 4 heteroatoms. The first-order chi connectivity index (χ1) is 8.31. The summed E-state index contributed by atoms with van der Waals surface area (Å²) >= 11 is 0. The van der Waals surface area contributed by atoms with Gasteiger partial charge < -0.3 is 10.2 Å². The fraction of sp³-hybridized carbons (Fsp3) is 0.385. The number of anilines is 1. The Kier molecular flexibility index (Phi) is 2.35. The minimum atomic E-state index is -0.395. The van der Waals surface area contributed by atoms with Crippen molar-refractivity contribution in [1.82, 2.24) is 5.32 Å². The number of hydrogen-bond donors (Lipinski definition) is 1.